The maximum absolute atomic E-state index is 11.9. The molecule has 0 aliphatic carbocycles. The van der Waals surface area contributed by atoms with Gasteiger partial charge in [0.05, 0.1) is 18.5 Å². The number of nitrogens with zero attached hydrogens (tertiary/aromatic N) is 2. The van der Waals surface area contributed by atoms with Gasteiger partial charge in [0.15, 0.2) is 0 Å². The van der Waals surface area contributed by atoms with Crippen LogP contribution in [-0.2, 0) is 20.0 Å². The average Bonchev–Trinajstić information content (AvgIpc) is 2.91. The third-order valence-corrected chi connectivity index (χ3v) is 4.69. The number of anilines is 1. The van der Waals surface area contributed by atoms with Gasteiger partial charge in [0.2, 0.25) is 0 Å². The largest absolute Gasteiger partial charge is 0.494 e. The van der Waals surface area contributed by atoms with Crippen molar-refractivity contribution >= 4 is 21.6 Å². The van der Waals surface area contributed by atoms with E-state index in [9.17, 15) is 4.79 Å². The van der Waals surface area contributed by atoms with Gasteiger partial charge in [-0.15, -0.1) is 0 Å². The van der Waals surface area contributed by atoms with Crippen LogP contribution in [0.25, 0.3) is 0 Å². The second-order valence-corrected chi connectivity index (χ2v) is 6.58. The molecule has 0 radical (unpaired) electrons. The Kier molecular flexibility index (Phi) is 4.80. The number of ether oxygens (including phenoxy) is 2. The normalized spacial score (nSPS) is 15.8. The van der Waals surface area contributed by atoms with E-state index in [4.69, 9.17) is 9.47 Å². The fraction of sp³-hybridized carbons (Fsp3) is 0.412. The molecule has 0 bridgehead atoms. The van der Waals surface area contributed by atoms with Crippen molar-refractivity contribution in [3.63, 3.8) is 0 Å². The quantitative estimate of drug-likeness (QED) is 0.845. The van der Waals surface area contributed by atoms with Crippen LogP contribution in [0, 0.1) is 0 Å². The zero-order valence-electron chi connectivity index (χ0n) is 13.9. The molecule has 2 aromatic rings. The van der Waals surface area contributed by atoms with E-state index >= 15 is 0 Å². The number of halogens is 1. The topological polar surface area (TPSA) is 65.4 Å². The smallest absolute Gasteiger partial charge is 0.282 e. The van der Waals surface area contributed by atoms with Crippen LogP contribution in [0.1, 0.15) is 25.0 Å². The molecular weight excluding hydrogens is 374 g/mol. The third-order valence-electron chi connectivity index (χ3n) is 3.93. The number of benzene rings is 1. The van der Waals surface area contributed by atoms with Crippen molar-refractivity contribution in [3.8, 4) is 11.5 Å². The highest BCUT2D eigenvalue weighted by atomic mass is 79.9. The lowest BCUT2D eigenvalue weighted by Crippen LogP contribution is -2.21. The van der Waals surface area contributed by atoms with Crippen molar-refractivity contribution in [1.82, 2.24) is 9.78 Å². The van der Waals surface area contributed by atoms with Crippen LogP contribution in [0.2, 0.25) is 0 Å². The molecule has 7 heteroatoms. The molecule has 0 fully saturated rings. The monoisotopic (exact) mass is 393 g/mol. The summed E-state index contributed by atoms with van der Waals surface area (Å²) in [6.45, 7) is 5.12. The first-order valence-electron chi connectivity index (χ1n) is 7.90. The van der Waals surface area contributed by atoms with Gasteiger partial charge >= 0.3 is 0 Å². The minimum absolute atomic E-state index is 0.184. The lowest BCUT2D eigenvalue weighted by molar-refractivity contribution is 0.254. The summed E-state index contributed by atoms with van der Waals surface area (Å²) >= 11 is 3.32. The molecule has 1 aromatic heterocycles. The highest BCUT2D eigenvalue weighted by Crippen LogP contribution is 2.35. The van der Waals surface area contributed by atoms with Crippen molar-refractivity contribution in [1.29, 1.82) is 0 Å². The molecule has 2 heterocycles. The number of aryl methyl sites for hydroxylation is 1. The Bertz CT molecular complexity index is 819. The van der Waals surface area contributed by atoms with E-state index < -0.39 is 0 Å². The van der Waals surface area contributed by atoms with Crippen LogP contribution in [0.15, 0.2) is 27.6 Å². The van der Waals surface area contributed by atoms with Gasteiger partial charge in [-0.2, -0.15) is 5.10 Å². The van der Waals surface area contributed by atoms with E-state index in [1.807, 2.05) is 13.0 Å². The molecule has 128 valence electrons. The van der Waals surface area contributed by atoms with Gasteiger partial charge in [0, 0.05) is 31.1 Å². The van der Waals surface area contributed by atoms with Crippen LogP contribution in [0.5, 0.6) is 11.5 Å². The molecule has 3 rings (SSSR count). The molecule has 1 aliphatic rings. The number of nitrogens with one attached hydrogen (secondary N) is 1. The van der Waals surface area contributed by atoms with E-state index in [1.54, 1.807) is 13.2 Å². The molecular formula is C17H20BrN3O3. The van der Waals surface area contributed by atoms with Crippen LogP contribution < -0.4 is 20.3 Å². The van der Waals surface area contributed by atoms with Crippen molar-refractivity contribution < 1.29 is 9.47 Å². The maximum Gasteiger partial charge on any atom is 0.282 e. The van der Waals surface area contributed by atoms with E-state index in [-0.39, 0.29) is 11.7 Å². The van der Waals surface area contributed by atoms with E-state index in [0.717, 1.165) is 23.5 Å². The summed E-state index contributed by atoms with van der Waals surface area (Å²) in [5, 5.41) is 7.27. The van der Waals surface area contributed by atoms with Gasteiger partial charge in [-0.3, -0.25) is 4.79 Å². The molecule has 1 aromatic carbocycles. The molecule has 0 saturated heterocycles. The van der Waals surface area contributed by atoms with Gasteiger partial charge in [0.1, 0.15) is 22.1 Å². The Labute approximate surface area is 148 Å². The fourth-order valence-electron chi connectivity index (χ4n) is 2.73. The minimum atomic E-state index is -0.184. The Morgan fingerprint density at radius 2 is 2.29 bits per heavy atom. The number of rotatable bonds is 5. The van der Waals surface area contributed by atoms with E-state index in [0.29, 0.717) is 23.3 Å². The lowest BCUT2D eigenvalue weighted by atomic mass is 10.1. The second-order valence-electron chi connectivity index (χ2n) is 5.79. The first-order chi connectivity index (χ1) is 11.5. The predicted octanol–water partition coefficient (Wildman–Crippen LogP) is 2.88. The Morgan fingerprint density at radius 3 is 3.04 bits per heavy atom. The molecule has 0 spiro atoms. The highest BCUT2D eigenvalue weighted by Gasteiger charge is 2.22. The summed E-state index contributed by atoms with van der Waals surface area (Å²) in [6, 6.07) is 4.07. The van der Waals surface area contributed by atoms with Crippen LogP contribution >= 0.6 is 15.9 Å². The summed E-state index contributed by atoms with van der Waals surface area (Å²) in [5.41, 5.74) is 2.62. The molecule has 1 aliphatic heterocycles. The molecule has 1 atom stereocenters. The zero-order valence-corrected chi connectivity index (χ0v) is 15.5. The lowest BCUT2D eigenvalue weighted by Gasteiger charge is -2.14. The first kappa shape index (κ1) is 16.8. The van der Waals surface area contributed by atoms with Crippen molar-refractivity contribution in [2.24, 2.45) is 7.05 Å². The number of hydrogen-bond acceptors (Lipinski definition) is 5. The van der Waals surface area contributed by atoms with Gasteiger partial charge in [0.25, 0.3) is 5.56 Å². The minimum Gasteiger partial charge on any atom is -0.494 e. The molecule has 1 unspecified atom stereocenters. The van der Waals surface area contributed by atoms with Crippen molar-refractivity contribution in [3.05, 3.63) is 44.3 Å². The van der Waals surface area contributed by atoms with Gasteiger partial charge < -0.3 is 14.8 Å². The first-order valence-corrected chi connectivity index (χ1v) is 8.69. The van der Waals surface area contributed by atoms with Gasteiger partial charge in [-0.25, -0.2) is 4.68 Å². The number of aromatic nitrogens is 2. The third kappa shape index (κ3) is 3.26. The zero-order chi connectivity index (χ0) is 17.3. The number of hydrogen-bond donors (Lipinski definition) is 1. The predicted molar refractivity (Wildman–Crippen MR) is 95.9 cm³/mol. The fourth-order valence-corrected chi connectivity index (χ4v) is 3.23. The molecule has 1 N–H and O–H groups in total. The molecule has 6 nitrogen and oxygen atoms in total. The van der Waals surface area contributed by atoms with Crippen LogP contribution in [0.3, 0.4) is 0 Å². The van der Waals surface area contributed by atoms with Crippen molar-refractivity contribution in [2.45, 2.75) is 32.9 Å². The summed E-state index contributed by atoms with van der Waals surface area (Å²) in [5.74, 6) is 1.75. The SMILES string of the molecule is CCOc1cc2c(cc1CNc1cnn(C)c(=O)c1Br)OC(C)C2. The molecule has 0 amide bonds. The standard InChI is InChI=1S/C17H20BrN3O3/c1-4-23-14-6-11-5-10(2)24-15(11)7-12(14)8-19-13-9-20-21(3)17(22)16(13)18/h6-7,9-10,19H,4-5,8H2,1-3H3. The van der Waals surface area contributed by atoms with Gasteiger partial charge in [-0.1, -0.05) is 0 Å². The summed E-state index contributed by atoms with van der Waals surface area (Å²) in [4.78, 5) is 11.9. The maximum atomic E-state index is 11.9. The summed E-state index contributed by atoms with van der Waals surface area (Å²) in [7, 11) is 1.61. The number of fused-ring (bicyclic) bond motifs is 1. The second kappa shape index (κ2) is 6.84. The Balaban J connectivity index is 1.86. The van der Waals surface area contributed by atoms with Crippen molar-refractivity contribution in [2.75, 3.05) is 11.9 Å². The van der Waals surface area contributed by atoms with Crippen LogP contribution in [0.4, 0.5) is 5.69 Å². The van der Waals surface area contributed by atoms with E-state index in [2.05, 4.69) is 39.3 Å². The summed E-state index contributed by atoms with van der Waals surface area (Å²) < 4.78 is 13.3. The molecule has 0 saturated carbocycles. The summed E-state index contributed by atoms with van der Waals surface area (Å²) in [6.07, 6.45) is 2.71. The highest BCUT2D eigenvalue weighted by molar-refractivity contribution is 9.10. The Hall–Kier alpha value is -2.02. The van der Waals surface area contributed by atoms with E-state index in [1.165, 1.54) is 10.2 Å². The molecule has 24 heavy (non-hydrogen) atoms. The van der Waals surface area contributed by atoms with Crippen LogP contribution in [-0.4, -0.2) is 22.5 Å². The average molecular weight is 394 g/mol. The van der Waals surface area contributed by atoms with Gasteiger partial charge in [-0.05, 0) is 41.9 Å². The Morgan fingerprint density at radius 1 is 1.50 bits per heavy atom.